The number of ketones is 1. The maximum absolute atomic E-state index is 12.2. The van der Waals surface area contributed by atoms with Crippen LogP contribution < -0.4 is 4.74 Å². The van der Waals surface area contributed by atoms with E-state index in [9.17, 15) is 15.0 Å². The van der Waals surface area contributed by atoms with E-state index in [0.717, 1.165) is 21.5 Å². The first-order valence-corrected chi connectivity index (χ1v) is 8.44. The molecule has 3 aromatic carbocycles. The van der Waals surface area contributed by atoms with Crippen molar-refractivity contribution in [3.63, 3.8) is 0 Å². The molecule has 1 unspecified atom stereocenters. The smallest absolute Gasteiger partial charge is 0.170 e. The van der Waals surface area contributed by atoms with Crippen molar-refractivity contribution in [2.75, 3.05) is 13.2 Å². The third-order valence-electron chi connectivity index (χ3n) is 4.51. The second kappa shape index (κ2) is 7.64. The van der Waals surface area contributed by atoms with Gasteiger partial charge in [-0.25, -0.2) is 0 Å². The zero-order valence-electron chi connectivity index (χ0n) is 14.2. The summed E-state index contributed by atoms with van der Waals surface area (Å²) in [6, 6.07) is 17.9. The predicted molar refractivity (Wildman–Crippen MR) is 98.8 cm³/mol. The highest BCUT2D eigenvalue weighted by Crippen LogP contribution is 2.34. The molecule has 0 amide bonds. The molecule has 0 fully saturated rings. The standard InChI is InChI=1S/C21H22O4/c1-14(23)17(12-22)11-18(24)13-25-21-19-8-4-2-6-15(19)10-16-7-3-5-9-20(16)21/h2-10,14,17,22-23H,11-13H2,1H3/t14-,17?/m1/s1. The summed E-state index contributed by atoms with van der Waals surface area (Å²) < 4.78 is 5.91. The third kappa shape index (κ3) is 3.81. The molecule has 3 rings (SSSR count). The molecule has 130 valence electrons. The molecule has 4 heteroatoms. The fourth-order valence-corrected chi connectivity index (χ4v) is 3.02. The predicted octanol–water partition coefficient (Wildman–Crippen LogP) is 3.32. The van der Waals surface area contributed by atoms with Gasteiger partial charge in [-0.1, -0.05) is 48.5 Å². The lowest BCUT2D eigenvalue weighted by Crippen LogP contribution is -2.26. The maximum atomic E-state index is 12.2. The number of carbonyl (C=O) groups excluding carboxylic acids is 1. The van der Waals surface area contributed by atoms with Crippen molar-refractivity contribution in [1.29, 1.82) is 0 Å². The molecule has 0 aliphatic carbocycles. The van der Waals surface area contributed by atoms with Crippen LogP contribution in [-0.4, -0.2) is 35.3 Å². The summed E-state index contributed by atoms with van der Waals surface area (Å²) in [6.07, 6.45) is -0.635. The first-order chi connectivity index (χ1) is 12.1. The van der Waals surface area contributed by atoms with E-state index in [1.807, 2.05) is 48.5 Å². The highest BCUT2D eigenvalue weighted by Gasteiger charge is 2.19. The van der Waals surface area contributed by atoms with Gasteiger partial charge in [0.15, 0.2) is 5.78 Å². The summed E-state index contributed by atoms with van der Waals surface area (Å²) in [5.41, 5.74) is 0. The van der Waals surface area contributed by atoms with Crippen LogP contribution in [0.1, 0.15) is 13.3 Å². The Bertz CT molecular complexity index is 831. The van der Waals surface area contributed by atoms with Crippen LogP contribution in [0.15, 0.2) is 54.6 Å². The lowest BCUT2D eigenvalue weighted by Gasteiger charge is -2.17. The number of aliphatic hydroxyl groups excluding tert-OH is 2. The van der Waals surface area contributed by atoms with Gasteiger partial charge in [0.25, 0.3) is 0 Å². The number of hydrogen-bond donors (Lipinski definition) is 2. The molecule has 4 nitrogen and oxygen atoms in total. The zero-order valence-corrected chi connectivity index (χ0v) is 14.2. The van der Waals surface area contributed by atoms with E-state index < -0.39 is 12.0 Å². The molecule has 25 heavy (non-hydrogen) atoms. The Kier molecular flexibility index (Phi) is 5.31. The van der Waals surface area contributed by atoms with E-state index in [1.54, 1.807) is 6.92 Å². The van der Waals surface area contributed by atoms with E-state index in [2.05, 4.69) is 6.07 Å². The van der Waals surface area contributed by atoms with E-state index in [1.165, 1.54) is 0 Å². The van der Waals surface area contributed by atoms with Crippen molar-refractivity contribution in [2.24, 2.45) is 5.92 Å². The molecule has 0 radical (unpaired) electrons. The minimum atomic E-state index is -0.729. The van der Waals surface area contributed by atoms with Gasteiger partial charge < -0.3 is 14.9 Å². The van der Waals surface area contributed by atoms with Crippen molar-refractivity contribution in [3.05, 3.63) is 54.6 Å². The Morgan fingerprint density at radius 2 is 1.60 bits per heavy atom. The average Bonchev–Trinajstić information content (AvgIpc) is 2.62. The summed E-state index contributed by atoms with van der Waals surface area (Å²) in [6.45, 7) is 1.27. The van der Waals surface area contributed by atoms with Crippen LogP contribution in [0.3, 0.4) is 0 Å². The largest absolute Gasteiger partial charge is 0.485 e. The fraction of sp³-hybridized carbons (Fsp3) is 0.286. The van der Waals surface area contributed by atoms with Crippen LogP contribution in [0.25, 0.3) is 21.5 Å². The first-order valence-electron chi connectivity index (χ1n) is 8.44. The third-order valence-corrected chi connectivity index (χ3v) is 4.51. The highest BCUT2D eigenvalue weighted by atomic mass is 16.5. The number of aliphatic hydroxyl groups is 2. The SMILES string of the molecule is C[C@@H](O)C(CO)CC(=O)COc1c2ccccc2cc2ccccc12. The van der Waals surface area contributed by atoms with E-state index in [0.29, 0.717) is 5.75 Å². The van der Waals surface area contributed by atoms with Crippen molar-refractivity contribution in [3.8, 4) is 5.75 Å². The zero-order chi connectivity index (χ0) is 17.8. The summed E-state index contributed by atoms with van der Waals surface area (Å²) in [5, 5.41) is 22.9. The normalized spacial score (nSPS) is 13.7. The van der Waals surface area contributed by atoms with Crippen molar-refractivity contribution >= 4 is 27.3 Å². The van der Waals surface area contributed by atoms with Crippen molar-refractivity contribution < 1.29 is 19.7 Å². The van der Waals surface area contributed by atoms with Crippen LogP contribution in [0.4, 0.5) is 0 Å². The minimum Gasteiger partial charge on any atom is -0.485 e. The molecule has 0 saturated carbocycles. The first kappa shape index (κ1) is 17.4. The van der Waals surface area contributed by atoms with Crippen LogP contribution in [0.5, 0.6) is 5.75 Å². The lowest BCUT2D eigenvalue weighted by atomic mass is 9.98. The van der Waals surface area contributed by atoms with Gasteiger partial charge in [-0.15, -0.1) is 0 Å². The van der Waals surface area contributed by atoms with E-state index in [-0.39, 0.29) is 25.4 Å². The molecule has 3 aromatic rings. The molecule has 2 atom stereocenters. The molecule has 0 saturated heterocycles. The van der Waals surface area contributed by atoms with Gasteiger partial charge in [0.2, 0.25) is 0 Å². The molecule has 0 heterocycles. The van der Waals surface area contributed by atoms with Gasteiger partial charge in [-0.3, -0.25) is 4.79 Å². The number of hydrogen-bond acceptors (Lipinski definition) is 4. The molecule has 0 aliphatic rings. The molecular formula is C21H22O4. The number of rotatable bonds is 7. The van der Waals surface area contributed by atoms with Gasteiger partial charge in [0.1, 0.15) is 12.4 Å². The van der Waals surface area contributed by atoms with Gasteiger partial charge >= 0.3 is 0 Å². The summed E-state index contributed by atoms with van der Waals surface area (Å²) in [4.78, 5) is 12.2. The molecular weight excluding hydrogens is 316 g/mol. The Morgan fingerprint density at radius 1 is 1.04 bits per heavy atom. The van der Waals surface area contributed by atoms with Gasteiger partial charge in [0.05, 0.1) is 6.10 Å². The van der Waals surface area contributed by atoms with E-state index >= 15 is 0 Å². The molecule has 2 N–H and O–H groups in total. The minimum absolute atomic E-state index is 0.0821. The van der Waals surface area contributed by atoms with Crippen LogP contribution in [0, 0.1) is 5.92 Å². The second-order valence-corrected chi connectivity index (χ2v) is 6.36. The van der Waals surface area contributed by atoms with E-state index in [4.69, 9.17) is 4.74 Å². The summed E-state index contributed by atoms with van der Waals surface area (Å²) in [7, 11) is 0. The lowest BCUT2D eigenvalue weighted by molar-refractivity contribution is -0.123. The molecule has 0 aromatic heterocycles. The Hall–Kier alpha value is -2.43. The van der Waals surface area contributed by atoms with Gasteiger partial charge in [0, 0.05) is 29.7 Å². The Labute approximate surface area is 146 Å². The highest BCUT2D eigenvalue weighted by molar-refractivity contribution is 6.05. The fourth-order valence-electron chi connectivity index (χ4n) is 3.02. The van der Waals surface area contributed by atoms with Crippen LogP contribution >= 0.6 is 0 Å². The molecule has 0 bridgehead atoms. The topological polar surface area (TPSA) is 66.8 Å². The quantitative estimate of drug-likeness (QED) is 0.649. The number of fused-ring (bicyclic) bond motifs is 2. The second-order valence-electron chi connectivity index (χ2n) is 6.36. The van der Waals surface area contributed by atoms with Crippen LogP contribution in [0.2, 0.25) is 0 Å². The Morgan fingerprint density at radius 3 is 2.12 bits per heavy atom. The van der Waals surface area contributed by atoms with Gasteiger partial charge in [-0.2, -0.15) is 0 Å². The average molecular weight is 338 g/mol. The van der Waals surface area contributed by atoms with Gasteiger partial charge in [-0.05, 0) is 23.8 Å². The molecule has 0 spiro atoms. The Balaban J connectivity index is 1.88. The van der Waals surface area contributed by atoms with Crippen LogP contribution in [-0.2, 0) is 4.79 Å². The number of ether oxygens (including phenoxy) is 1. The summed E-state index contributed by atoms with van der Waals surface area (Å²) >= 11 is 0. The van der Waals surface area contributed by atoms with Crippen molar-refractivity contribution in [1.82, 2.24) is 0 Å². The number of benzene rings is 3. The summed E-state index contributed by atoms with van der Waals surface area (Å²) in [5.74, 6) is 0.0944. The maximum Gasteiger partial charge on any atom is 0.170 e. The molecule has 0 aliphatic heterocycles. The number of Topliss-reactive ketones (excluding diaryl/α,β-unsaturated/α-hetero) is 1. The van der Waals surface area contributed by atoms with Crippen molar-refractivity contribution in [2.45, 2.75) is 19.4 Å². The monoisotopic (exact) mass is 338 g/mol. The number of carbonyl (C=O) groups is 1.